The van der Waals surface area contributed by atoms with Gasteiger partial charge >= 0.3 is 0 Å². The summed E-state index contributed by atoms with van der Waals surface area (Å²) < 4.78 is 26.4. The molecule has 0 radical (unpaired) electrons. The number of hydrogen-bond acceptors (Lipinski definition) is 3. The maximum Gasteiger partial charge on any atom is 0.213 e. The molecular formula is C12H26N2O2S. The Labute approximate surface area is 106 Å². The van der Waals surface area contributed by atoms with E-state index in [0.717, 1.165) is 31.6 Å². The monoisotopic (exact) mass is 262 g/mol. The van der Waals surface area contributed by atoms with Crippen LogP contribution in [0, 0.1) is 5.92 Å². The average Bonchev–Trinajstić information content (AvgIpc) is 2.20. The number of nitrogens with one attached hydrogen (secondary N) is 2. The van der Waals surface area contributed by atoms with Crippen LogP contribution in [0.2, 0.25) is 0 Å². The minimum absolute atomic E-state index is 0.162. The predicted molar refractivity (Wildman–Crippen MR) is 71.5 cm³/mol. The van der Waals surface area contributed by atoms with Gasteiger partial charge in [-0.1, -0.05) is 20.8 Å². The van der Waals surface area contributed by atoms with Gasteiger partial charge < -0.3 is 5.32 Å². The molecule has 0 aromatic rings. The minimum Gasteiger partial charge on any atom is -0.313 e. The average molecular weight is 262 g/mol. The van der Waals surface area contributed by atoms with E-state index in [4.69, 9.17) is 0 Å². The maximum atomic E-state index is 11.8. The molecule has 0 atom stereocenters. The Kier molecular flexibility index (Phi) is 5.89. The molecule has 4 nitrogen and oxygen atoms in total. The van der Waals surface area contributed by atoms with Crippen molar-refractivity contribution in [3.8, 4) is 0 Å². The largest absolute Gasteiger partial charge is 0.313 e. The van der Waals surface area contributed by atoms with Crippen LogP contribution in [0.5, 0.6) is 0 Å². The molecule has 0 aliphatic heterocycles. The summed E-state index contributed by atoms with van der Waals surface area (Å²) in [5, 5.41) is 3.13. The second-order valence-corrected chi connectivity index (χ2v) is 7.38. The molecule has 1 fully saturated rings. The molecule has 0 amide bonds. The molecule has 0 saturated heterocycles. The van der Waals surface area contributed by atoms with Crippen molar-refractivity contribution < 1.29 is 8.42 Å². The van der Waals surface area contributed by atoms with E-state index in [2.05, 4.69) is 17.0 Å². The quantitative estimate of drug-likeness (QED) is 0.762. The molecule has 0 spiro atoms. The molecule has 0 aromatic heterocycles. The van der Waals surface area contributed by atoms with Crippen LogP contribution >= 0.6 is 0 Å². The second kappa shape index (κ2) is 6.71. The van der Waals surface area contributed by atoms with E-state index in [-0.39, 0.29) is 11.8 Å². The van der Waals surface area contributed by atoms with Crippen LogP contribution < -0.4 is 10.0 Å². The first kappa shape index (κ1) is 14.9. The third kappa shape index (κ3) is 6.38. The third-order valence-electron chi connectivity index (χ3n) is 3.29. The Morgan fingerprint density at radius 2 is 1.76 bits per heavy atom. The van der Waals surface area contributed by atoms with Crippen molar-refractivity contribution in [2.75, 3.05) is 12.3 Å². The SMILES string of the molecule is CC1CCC(NS(=O)(=O)CCNC(C)C)CC1. The first-order chi connectivity index (χ1) is 7.89. The fraction of sp³-hybridized carbons (Fsp3) is 1.00. The van der Waals surface area contributed by atoms with Gasteiger partial charge in [0.2, 0.25) is 10.0 Å². The Balaban J connectivity index is 2.28. The molecule has 5 heteroatoms. The summed E-state index contributed by atoms with van der Waals surface area (Å²) in [5.74, 6) is 0.926. The van der Waals surface area contributed by atoms with Crippen molar-refractivity contribution in [3.05, 3.63) is 0 Å². The zero-order valence-electron chi connectivity index (χ0n) is 11.2. The van der Waals surface area contributed by atoms with Gasteiger partial charge in [-0.15, -0.1) is 0 Å². The van der Waals surface area contributed by atoms with Crippen LogP contribution in [-0.2, 0) is 10.0 Å². The van der Waals surface area contributed by atoms with E-state index in [1.807, 2.05) is 13.8 Å². The predicted octanol–water partition coefficient (Wildman–Crippen LogP) is 1.48. The van der Waals surface area contributed by atoms with Gasteiger partial charge in [-0.05, 0) is 31.6 Å². The zero-order valence-corrected chi connectivity index (χ0v) is 12.0. The van der Waals surface area contributed by atoms with E-state index >= 15 is 0 Å². The highest BCUT2D eigenvalue weighted by Crippen LogP contribution is 2.23. The molecule has 0 aromatic carbocycles. The Hall–Kier alpha value is -0.130. The summed E-state index contributed by atoms with van der Waals surface area (Å²) in [6.07, 6.45) is 4.24. The van der Waals surface area contributed by atoms with E-state index in [1.54, 1.807) is 0 Å². The van der Waals surface area contributed by atoms with Gasteiger partial charge in [0.15, 0.2) is 0 Å². The lowest BCUT2D eigenvalue weighted by atomic mass is 9.88. The molecule has 1 aliphatic carbocycles. The summed E-state index contributed by atoms with van der Waals surface area (Å²) in [6.45, 7) is 6.79. The van der Waals surface area contributed by atoms with Gasteiger partial charge in [0.05, 0.1) is 5.75 Å². The van der Waals surface area contributed by atoms with Crippen LogP contribution in [0.15, 0.2) is 0 Å². The summed E-state index contributed by atoms with van der Waals surface area (Å²) in [4.78, 5) is 0. The lowest BCUT2D eigenvalue weighted by Crippen LogP contribution is -2.41. The molecular weight excluding hydrogens is 236 g/mol. The van der Waals surface area contributed by atoms with Crippen molar-refractivity contribution in [3.63, 3.8) is 0 Å². The van der Waals surface area contributed by atoms with Gasteiger partial charge in [0.1, 0.15) is 0 Å². The number of sulfonamides is 1. The molecule has 0 heterocycles. The Bertz CT molecular complexity index is 306. The van der Waals surface area contributed by atoms with E-state index in [0.29, 0.717) is 12.6 Å². The standard InChI is InChI=1S/C12H26N2O2S/c1-10(2)13-8-9-17(15,16)14-12-6-4-11(3)5-7-12/h10-14H,4-9H2,1-3H3. The molecule has 2 N–H and O–H groups in total. The Morgan fingerprint density at radius 1 is 1.18 bits per heavy atom. The highest BCUT2D eigenvalue weighted by Gasteiger charge is 2.22. The normalized spacial score (nSPS) is 26.4. The van der Waals surface area contributed by atoms with Gasteiger partial charge in [0.25, 0.3) is 0 Å². The van der Waals surface area contributed by atoms with Gasteiger partial charge in [-0.3, -0.25) is 0 Å². The summed E-state index contributed by atoms with van der Waals surface area (Å²) in [6, 6.07) is 0.496. The van der Waals surface area contributed by atoms with Crippen LogP contribution in [0.1, 0.15) is 46.5 Å². The van der Waals surface area contributed by atoms with Crippen molar-refractivity contribution in [1.82, 2.24) is 10.0 Å². The summed E-state index contributed by atoms with van der Waals surface area (Å²) in [7, 11) is -3.11. The summed E-state index contributed by atoms with van der Waals surface area (Å²) >= 11 is 0. The fourth-order valence-electron chi connectivity index (χ4n) is 2.17. The van der Waals surface area contributed by atoms with Crippen molar-refractivity contribution >= 4 is 10.0 Å². The molecule has 17 heavy (non-hydrogen) atoms. The van der Waals surface area contributed by atoms with Crippen LogP contribution in [0.3, 0.4) is 0 Å². The smallest absolute Gasteiger partial charge is 0.213 e. The lowest BCUT2D eigenvalue weighted by Gasteiger charge is -2.26. The zero-order chi connectivity index (χ0) is 12.9. The topological polar surface area (TPSA) is 58.2 Å². The molecule has 1 saturated carbocycles. The fourth-order valence-corrected chi connectivity index (χ4v) is 3.42. The third-order valence-corrected chi connectivity index (χ3v) is 4.72. The van der Waals surface area contributed by atoms with Crippen LogP contribution in [0.4, 0.5) is 0 Å². The minimum atomic E-state index is -3.11. The van der Waals surface area contributed by atoms with Gasteiger partial charge in [-0.2, -0.15) is 0 Å². The summed E-state index contributed by atoms with van der Waals surface area (Å²) in [5.41, 5.74) is 0. The van der Waals surface area contributed by atoms with E-state index < -0.39 is 10.0 Å². The Morgan fingerprint density at radius 3 is 2.29 bits per heavy atom. The first-order valence-electron chi connectivity index (χ1n) is 6.62. The van der Waals surface area contributed by atoms with Crippen molar-refractivity contribution in [2.45, 2.75) is 58.5 Å². The van der Waals surface area contributed by atoms with Crippen LogP contribution in [-0.4, -0.2) is 32.8 Å². The maximum absolute atomic E-state index is 11.8. The first-order valence-corrected chi connectivity index (χ1v) is 8.27. The van der Waals surface area contributed by atoms with Crippen molar-refractivity contribution in [1.29, 1.82) is 0 Å². The second-order valence-electron chi connectivity index (χ2n) is 5.50. The lowest BCUT2D eigenvalue weighted by molar-refractivity contribution is 0.332. The van der Waals surface area contributed by atoms with Crippen LogP contribution in [0.25, 0.3) is 0 Å². The molecule has 1 rings (SSSR count). The van der Waals surface area contributed by atoms with Crippen molar-refractivity contribution in [2.24, 2.45) is 5.92 Å². The molecule has 0 bridgehead atoms. The van der Waals surface area contributed by atoms with E-state index in [1.165, 1.54) is 0 Å². The number of rotatable bonds is 6. The highest BCUT2D eigenvalue weighted by atomic mass is 32.2. The molecule has 1 aliphatic rings. The molecule has 0 unspecified atom stereocenters. The van der Waals surface area contributed by atoms with Gasteiger partial charge in [0, 0.05) is 18.6 Å². The molecule has 102 valence electrons. The number of hydrogen-bond donors (Lipinski definition) is 2. The van der Waals surface area contributed by atoms with Gasteiger partial charge in [-0.25, -0.2) is 13.1 Å². The highest BCUT2D eigenvalue weighted by molar-refractivity contribution is 7.89. The van der Waals surface area contributed by atoms with E-state index in [9.17, 15) is 8.42 Å².